The number of amides is 4. The van der Waals surface area contributed by atoms with Gasteiger partial charge in [0.2, 0.25) is 11.8 Å². The van der Waals surface area contributed by atoms with E-state index < -0.39 is 18.2 Å². The first-order chi connectivity index (χ1) is 28.5. The number of methoxy groups -OCH3 is 2. The van der Waals surface area contributed by atoms with Crippen LogP contribution in [0.1, 0.15) is 76.1 Å². The average Bonchev–Trinajstić information content (AvgIpc) is 3.89. The van der Waals surface area contributed by atoms with Crippen LogP contribution in [-0.2, 0) is 19.1 Å². The molecule has 5 aromatic rings. The number of benzene rings is 3. The van der Waals surface area contributed by atoms with Gasteiger partial charge in [-0.25, -0.2) is 19.6 Å². The quantitative estimate of drug-likeness (QED) is 0.115. The lowest BCUT2D eigenvalue weighted by Crippen LogP contribution is -2.51. The molecule has 5 atom stereocenters. The van der Waals surface area contributed by atoms with E-state index in [1.54, 1.807) is 0 Å². The molecule has 2 saturated carbocycles. The topological polar surface area (TPSA) is 175 Å². The number of carbonyl (C=O) groups excluding carboxylic acids is 4. The molecule has 2 bridgehead atoms. The number of hydrogen-bond donors (Lipinski definition) is 4. The van der Waals surface area contributed by atoms with Gasteiger partial charge in [-0.05, 0) is 95.4 Å². The SMILES string of the molecule is COC(=O)NCC(=O)N1C2CC[C@@H](C2)[C@H]1c1ncc(-c2ccc(-c3ccc4cc(-c5cnc([C@@H]6CC7(CC7)CN6C(=O)[C@@H](NC(=O)OC)C(C)C)[nH]5)ccc4c3)cc2)[nH]1. The van der Waals surface area contributed by atoms with E-state index in [0.717, 1.165) is 94.6 Å². The lowest BCUT2D eigenvalue weighted by atomic mass is 9.97. The maximum absolute atomic E-state index is 13.9. The van der Waals surface area contributed by atoms with E-state index in [9.17, 15) is 19.2 Å². The van der Waals surface area contributed by atoms with E-state index in [2.05, 4.69) is 86.0 Å². The third-order valence-electron chi connectivity index (χ3n) is 13.0. The number of rotatable bonds is 10. The number of ether oxygens (including phenoxy) is 2. The van der Waals surface area contributed by atoms with E-state index in [0.29, 0.717) is 12.5 Å². The second-order valence-corrected chi connectivity index (χ2v) is 17.1. The summed E-state index contributed by atoms with van der Waals surface area (Å²) in [6.45, 7) is 4.41. The summed E-state index contributed by atoms with van der Waals surface area (Å²) in [5, 5.41) is 7.49. The number of imidazole rings is 2. The van der Waals surface area contributed by atoms with Crippen LogP contribution in [0.2, 0.25) is 0 Å². The summed E-state index contributed by atoms with van der Waals surface area (Å²) >= 11 is 0. The Labute approximate surface area is 342 Å². The van der Waals surface area contributed by atoms with Gasteiger partial charge in [-0.1, -0.05) is 62.4 Å². The molecule has 9 rings (SSSR count). The smallest absolute Gasteiger partial charge is 0.407 e. The fourth-order valence-electron chi connectivity index (χ4n) is 9.68. The Balaban J connectivity index is 0.888. The highest BCUT2D eigenvalue weighted by molar-refractivity contribution is 5.91. The molecular formula is C45H50N8O6. The van der Waals surface area contributed by atoms with Crippen molar-refractivity contribution in [2.24, 2.45) is 17.3 Å². The maximum Gasteiger partial charge on any atom is 0.407 e. The lowest BCUT2D eigenvalue weighted by Gasteiger charge is -2.34. The summed E-state index contributed by atoms with van der Waals surface area (Å²) in [7, 11) is 2.59. The first-order valence-corrected chi connectivity index (χ1v) is 20.6. The monoisotopic (exact) mass is 798 g/mol. The number of aromatic nitrogens is 4. The van der Waals surface area contributed by atoms with E-state index in [1.807, 2.05) is 36.0 Å². The number of piperidine rings is 1. The van der Waals surface area contributed by atoms with Gasteiger partial charge in [-0.3, -0.25) is 9.59 Å². The van der Waals surface area contributed by atoms with Gasteiger partial charge in [0.1, 0.15) is 24.2 Å². The molecule has 0 radical (unpaired) electrons. The van der Waals surface area contributed by atoms with Gasteiger partial charge >= 0.3 is 12.2 Å². The summed E-state index contributed by atoms with van der Waals surface area (Å²) in [5.74, 6) is 1.53. The van der Waals surface area contributed by atoms with Gasteiger partial charge in [0, 0.05) is 18.2 Å². The third kappa shape index (κ3) is 7.29. The van der Waals surface area contributed by atoms with Crippen molar-refractivity contribution < 1.29 is 28.7 Å². The molecule has 1 unspecified atom stereocenters. The highest BCUT2D eigenvalue weighted by Gasteiger charge is 2.55. The van der Waals surface area contributed by atoms with Crippen molar-refractivity contribution >= 4 is 34.8 Å². The number of likely N-dealkylation sites (tertiary alicyclic amines) is 2. The van der Waals surface area contributed by atoms with E-state index >= 15 is 0 Å². The number of H-pyrrole nitrogens is 2. The Hall–Kier alpha value is -6.18. The predicted octanol–water partition coefficient (Wildman–Crippen LogP) is 7.13. The Morgan fingerprint density at radius 3 is 2.14 bits per heavy atom. The molecule has 2 saturated heterocycles. The molecule has 2 aromatic heterocycles. The van der Waals surface area contributed by atoms with Crippen LogP contribution in [0.5, 0.6) is 0 Å². The van der Waals surface area contributed by atoms with Crippen LogP contribution < -0.4 is 10.6 Å². The first kappa shape index (κ1) is 38.3. The minimum absolute atomic E-state index is 0.103. The van der Waals surface area contributed by atoms with Gasteiger partial charge in [-0.2, -0.15) is 0 Å². The molecule has 14 heteroatoms. The Kier molecular flexibility index (Phi) is 9.88. The van der Waals surface area contributed by atoms with Crippen molar-refractivity contribution in [1.29, 1.82) is 0 Å². The number of alkyl carbamates (subject to hydrolysis) is 2. The standard InChI is InChI=1S/C45H50N8O6/c1-25(2)38(51-44(57)59-4)42(55)52-24-45(15-16-45)20-36(52)40-46-22-35(49-40)31-12-11-29-17-28(9-10-30(29)18-31)26-5-7-27(8-6-26)34-21-47-41(50-34)39-32-13-14-33(19-32)53(39)37(54)23-48-43(56)58-3/h5-12,17-18,21-22,25,32-33,36,38-39H,13-16,19-20,23-24H2,1-4H3,(H,46,49)(H,47,50)(H,48,56)(H,51,57)/t32-,33?,36-,38-,39-/m0/s1. The molecular weight excluding hydrogens is 749 g/mol. The van der Waals surface area contributed by atoms with Crippen LogP contribution in [0.25, 0.3) is 44.4 Å². The van der Waals surface area contributed by atoms with Crippen molar-refractivity contribution in [3.8, 4) is 33.6 Å². The summed E-state index contributed by atoms with van der Waals surface area (Å²) < 4.78 is 9.47. The first-order valence-electron chi connectivity index (χ1n) is 20.6. The molecule has 14 nitrogen and oxygen atoms in total. The zero-order valence-corrected chi connectivity index (χ0v) is 33.8. The van der Waals surface area contributed by atoms with Gasteiger partial charge in [0.05, 0.1) is 50.1 Å². The normalized spacial score (nSPS) is 21.9. The highest BCUT2D eigenvalue weighted by Crippen LogP contribution is 2.58. The molecule has 1 spiro atoms. The van der Waals surface area contributed by atoms with E-state index in [1.165, 1.54) is 14.2 Å². The summed E-state index contributed by atoms with van der Waals surface area (Å²) in [6, 6.07) is 20.4. The fraction of sp³-hybridized carbons (Fsp3) is 0.422. The van der Waals surface area contributed by atoms with Crippen molar-refractivity contribution in [3.63, 3.8) is 0 Å². The molecule has 4 amide bonds. The van der Waals surface area contributed by atoms with Gasteiger partial charge in [-0.15, -0.1) is 0 Å². The zero-order chi connectivity index (χ0) is 41.0. The number of hydrogen-bond acceptors (Lipinski definition) is 8. The second-order valence-electron chi connectivity index (χ2n) is 17.1. The largest absolute Gasteiger partial charge is 0.453 e. The lowest BCUT2D eigenvalue weighted by molar-refractivity contribution is -0.136. The minimum atomic E-state index is -0.686. The molecule has 4 aliphatic rings. The van der Waals surface area contributed by atoms with E-state index in [-0.39, 0.29) is 47.8 Å². The molecule has 3 aromatic carbocycles. The number of aromatic amines is 2. The van der Waals surface area contributed by atoms with Gasteiger partial charge < -0.3 is 39.9 Å². The molecule has 2 aliphatic carbocycles. The average molecular weight is 799 g/mol. The summed E-state index contributed by atoms with van der Waals surface area (Å²) in [4.78, 5) is 71.2. The fourth-order valence-corrected chi connectivity index (χ4v) is 9.68. The summed E-state index contributed by atoms with van der Waals surface area (Å²) in [5.41, 5.74) is 6.09. The number of nitrogens with zero attached hydrogens (tertiary/aromatic N) is 4. The third-order valence-corrected chi connectivity index (χ3v) is 13.0. The molecule has 59 heavy (non-hydrogen) atoms. The van der Waals surface area contributed by atoms with E-state index in [4.69, 9.17) is 14.7 Å². The molecule has 4 N–H and O–H groups in total. The number of carbonyl (C=O) groups is 4. The zero-order valence-electron chi connectivity index (χ0n) is 33.8. The Morgan fingerprint density at radius 1 is 0.814 bits per heavy atom. The molecule has 2 aliphatic heterocycles. The van der Waals surface area contributed by atoms with Crippen LogP contribution in [0.3, 0.4) is 0 Å². The van der Waals surface area contributed by atoms with Crippen molar-refractivity contribution in [3.05, 3.63) is 84.7 Å². The second kappa shape index (κ2) is 15.2. The van der Waals surface area contributed by atoms with Gasteiger partial charge in [0.25, 0.3) is 0 Å². The van der Waals surface area contributed by atoms with Crippen molar-refractivity contribution in [2.45, 2.75) is 76.5 Å². The minimum Gasteiger partial charge on any atom is -0.453 e. The van der Waals surface area contributed by atoms with Crippen LogP contribution in [0.4, 0.5) is 9.59 Å². The number of nitrogens with one attached hydrogen (secondary N) is 4. The predicted molar refractivity (Wildman–Crippen MR) is 221 cm³/mol. The summed E-state index contributed by atoms with van der Waals surface area (Å²) in [6.07, 6.45) is 8.43. The van der Waals surface area contributed by atoms with Crippen molar-refractivity contribution in [1.82, 2.24) is 40.4 Å². The number of fused-ring (bicyclic) bond motifs is 3. The molecule has 306 valence electrons. The van der Waals surface area contributed by atoms with Crippen LogP contribution in [-0.4, -0.2) is 93.1 Å². The molecule has 4 heterocycles. The van der Waals surface area contributed by atoms with Crippen LogP contribution >= 0.6 is 0 Å². The molecule has 4 fully saturated rings. The van der Waals surface area contributed by atoms with Crippen molar-refractivity contribution in [2.75, 3.05) is 27.3 Å². The Morgan fingerprint density at radius 2 is 1.44 bits per heavy atom. The van der Waals surface area contributed by atoms with Crippen LogP contribution in [0, 0.1) is 17.3 Å². The Bertz CT molecular complexity index is 2420. The maximum atomic E-state index is 13.9. The highest BCUT2D eigenvalue weighted by atomic mass is 16.5. The van der Waals surface area contributed by atoms with Crippen LogP contribution in [0.15, 0.2) is 73.1 Å². The van der Waals surface area contributed by atoms with Gasteiger partial charge in [0.15, 0.2) is 0 Å².